The number of aromatic hydroxyl groups is 1. The van der Waals surface area contributed by atoms with Crippen molar-refractivity contribution in [3.8, 4) is 11.5 Å². The highest BCUT2D eigenvalue weighted by molar-refractivity contribution is 7.17. The second-order valence-corrected chi connectivity index (χ2v) is 3.15. The van der Waals surface area contributed by atoms with Gasteiger partial charge in [-0.3, -0.25) is 0 Å². The lowest BCUT2D eigenvalue weighted by Gasteiger charge is -1.90. The molecule has 0 amide bonds. The quantitative estimate of drug-likeness (QED) is 0.800. The Labute approximate surface area is 109 Å². The Balaban J connectivity index is 0.000000289. The second kappa shape index (κ2) is 11.6. The van der Waals surface area contributed by atoms with E-state index in [-0.39, 0.29) is 8.69 Å². The normalized spacial score (nSPS) is 8.33. The number of phenols is 1. The molecule has 0 bridgehead atoms. The van der Waals surface area contributed by atoms with Crippen molar-refractivity contribution in [2.75, 3.05) is 0 Å². The van der Waals surface area contributed by atoms with Gasteiger partial charge in [-0.1, -0.05) is 50.2 Å². The van der Waals surface area contributed by atoms with Crippen molar-refractivity contribution in [3.63, 3.8) is 0 Å². The zero-order chi connectivity index (χ0) is 13.6. The minimum Gasteiger partial charge on any atom is -0.508 e. The second-order valence-electron chi connectivity index (χ2n) is 2.81. The number of hydrogen-bond acceptors (Lipinski definition) is 3. The van der Waals surface area contributed by atoms with E-state index in [0.717, 1.165) is 0 Å². The smallest absolute Gasteiger partial charge is 0.395 e. The number of benzene rings is 2. The van der Waals surface area contributed by atoms with Crippen LogP contribution in [0.3, 0.4) is 0 Å². The van der Waals surface area contributed by atoms with Gasteiger partial charge in [0.25, 0.3) is 0 Å². The molecule has 0 spiro atoms. The molecule has 18 heavy (non-hydrogen) atoms. The van der Waals surface area contributed by atoms with Gasteiger partial charge in [0.2, 0.25) is 0 Å². The average molecular weight is 264 g/mol. The fraction of sp³-hybridized carbons (Fsp3) is 0.143. The number of rotatable bonds is 2. The molecule has 0 heterocycles. The summed E-state index contributed by atoms with van der Waals surface area (Å²) in [6, 6.07) is 17.7. The number of para-hydroxylation sites is 2. The lowest BCUT2D eigenvalue weighted by atomic mass is 10.3. The van der Waals surface area contributed by atoms with Crippen LogP contribution in [0.1, 0.15) is 13.8 Å². The van der Waals surface area contributed by atoms with Gasteiger partial charge < -0.3 is 9.63 Å². The Kier molecular flexibility index (Phi) is 10.4. The SMILES string of the molecule is CC.O=POc1ccccc1.Oc1ccccc1. The predicted octanol–water partition coefficient (Wildman–Crippen LogP) is 4.69. The van der Waals surface area contributed by atoms with Crippen molar-refractivity contribution in [1.82, 2.24) is 0 Å². The molecular weight excluding hydrogens is 247 g/mol. The first-order valence-corrected chi connectivity index (χ1v) is 6.34. The van der Waals surface area contributed by atoms with Crippen molar-refractivity contribution in [3.05, 3.63) is 60.7 Å². The molecular formula is C14H17O3P. The topological polar surface area (TPSA) is 46.5 Å². The molecule has 0 aliphatic rings. The summed E-state index contributed by atoms with van der Waals surface area (Å²) in [6.45, 7) is 4.00. The van der Waals surface area contributed by atoms with Crippen molar-refractivity contribution in [2.45, 2.75) is 13.8 Å². The van der Waals surface area contributed by atoms with Gasteiger partial charge in [0.15, 0.2) is 0 Å². The van der Waals surface area contributed by atoms with Crippen molar-refractivity contribution < 1.29 is 14.2 Å². The Morgan fingerprint density at radius 2 is 1.33 bits per heavy atom. The molecule has 0 aliphatic carbocycles. The lowest BCUT2D eigenvalue weighted by molar-refractivity contribution is 0.475. The van der Waals surface area contributed by atoms with Crippen molar-refractivity contribution in [1.29, 1.82) is 0 Å². The van der Waals surface area contributed by atoms with E-state index in [1.165, 1.54) is 0 Å². The van der Waals surface area contributed by atoms with Gasteiger partial charge >= 0.3 is 8.69 Å². The molecule has 2 aromatic rings. The van der Waals surface area contributed by atoms with E-state index in [4.69, 9.17) is 5.11 Å². The van der Waals surface area contributed by atoms with Gasteiger partial charge in [0.1, 0.15) is 11.5 Å². The number of hydrogen-bond donors (Lipinski definition) is 1. The molecule has 3 nitrogen and oxygen atoms in total. The first-order valence-electron chi connectivity index (χ1n) is 5.61. The van der Waals surface area contributed by atoms with Gasteiger partial charge in [0, 0.05) is 0 Å². The van der Waals surface area contributed by atoms with Gasteiger partial charge in [0.05, 0.1) is 0 Å². The minimum absolute atomic E-state index is 0.305. The molecule has 0 saturated heterocycles. The summed E-state index contributed by atoms with van der Waals surface area (Å²) in [4.78, 5) is 0. The third-order valence-electron chi connectivity index (χ3n) is 1.64. The summed E-state index contributed by atoms with van der Waals surface area (Å²) >= 11 is 0. The van der Waals surface area contributed by atoms with Crippen LogP contribution in [-0.4, -0.2) is 5.11 Å². The van der Waals surface area contributed by atoms with Crippen LogP contribution >= 0.6 is 8.69 Å². The molecule has 4 heteroatoms. The average Bonchev–Trinajstić information content (AvgIpc) is 2.44. The highest BCUT2D eigenvalue weighted by Gasteiger charge is 1.85. The molecule has 0 atom stereocenters. The van der Waals surface area contributed by atoms with E-state index in [0.29, 0.717) is 11.5 Å². The molecule has 0 unspecified atom stereocenters. The fourth-order valence-electron chi connectivity index (χ4n) is 0.952. The zero-order valence-electron chi connectivity index (χ0n) is 10.5. The molecule has 96 valence electrons. The molecule has 0 radical (unpaired) electrons. The minimum atomic E-state index is -0.305. The summed E-state index contributed by atoms with van der Waals surface area (Å²) in [5, 5.41) is 8.63. The molecule has 0 fully saturated rings. The lowest BCUT2D eigenvalue weighted by Crippen LogP contribution is -1.70. The summed E-state index contributed by atoms with van der Waals surface area (Å²) in [5.74, 6) is 0.941. The highest BCUT2D eigenvalue weighted by atomic mass is 31.1. The summed E-state index contributed by atoms with van der Waals surface area (Å²) in [7, 11) is -0.305. The van der Waals surface area contributed by atoms with E-state index in [9.17, 15) is 4.57 Å². The monoisotopic (exact) mass is 264 g/mol. The van der Waals surface area contributed by atoms with Crippen LogP contribution < -0.4 is 4.52 Å². The van der Waals surface area contributed by atoms with Crippen LogP contribution in [-0.2, 0) is 4.57 Å². The predicted molar refractivity (Wildman–Crippen MR) is 74.1 cm³/mol. The maximum atomic E-state index is 9.85. The van der Waals surface area contributed by atoms with E-state index < -0.39 is 0 Å². The van der Waals surface area contributed by atoms with E-state index in [1.54, 1.807) is 36.4 Å². The maximum Gasteiger partial charge on any atom is 0.395 e. The first kappa shape index (κ1) is 16.1. The van der Waals surface area contributed by atoms with E-state index >= 15 is 0 Å². The van der Waals surface area contributed by atoms with Crippen LogP contribution in [0.4, 0.5) is 0 Å². The van der Waals surface area contributed by atoms with Gasteiger partial charge in [-0.25, -0.2) is 4.57 Å². The zero-order valence-corrected chi connectivity index (χ0v) is 11.4. The number of phenolic OH excluding ortho intramolecular Hbond substituents is 1. The summed E-state index contributed by atoms with van der Waals surface area (Å²) in [6.07, 6.45) is 0. The Morgan fingerprint density at radius 3 is 1.67 bits per heavy atom. The van der Waals surface area contributed by atoms with Crippen molar-refractivity contribution in [2.24, 2.45) is 0 Å². The van der Waals surface area contributed by atoms with Crippen LogP contribution in [0.2, 0.25) is 0 Å². The maximum absolute atomic E-state index is 9.85. The van der Waals surface area contributed by atoms with Gasteiger partial charge in [-0.2, -0.15) is 0 Å². The standard InChI is InChI=1S/C6H5O2P.C6H6O.C2H6/c7-9-8-6-4-2-1-3-5-6;7-6-4-2-1-3-5-6;1-2/h1-5H;1-5,7H;1-2H3. The Morgan fingerprint density at radius 1 is 0.889 bits per heavy atom. The van der Waals surface area contributed by atoms with Crippen LogP contribution in [0.5, 0.6) is 11.5 Å². The highest BCUT2D eigenvalue weighted by Crippen LogP contribution is 2.12. The Bertz CT molecular complexity index is 404. The molecule has 0 aromatic heterocycles. The van der Waals surface area contributed by atoms with Crippen LogP contribution in [0, 0.1) is 0 Å². The van der Waals surface area contributed by atoms with E-state index in [1.807, 2.05) is 38.1 Å². The summed E-state index contributed by atoms with van der Waals surface area (Å²) < 4.78 is 14.5. The molecule has 0 aliphatic heterocycles. The molecule has 1 N–H and O–H groups in total. The van der Waals surface area contributed by atoms with Crippen LogP contribution in [0.15, 0.2) is 60.7 Å². The van der Waals surface area contributed by atoms with Crippen molar-refractivity contribution >= 4 is 8.69 Å². The largest absolute Gasteiger partial charge is 0.508 e. The first-order chi connectivity index (χ1) is 8.83. The van der Waals surface area contributed by atoms with E-state index in [2.05, 4.69) is 4.52 Å². The van der Waals surface area contributed by atoms with Crippen LogP contribution in [0.25, 0.3) is 0 Å². The summed E-state index contributed by atoms with van der Waals surface area (Å²) in [5.41, 5.74) is 0. The molecule has 2 rings (SSSR count). The third kappa shape index (κ3) is 8.31. The van der Waals surface area contributed by atoms with Gasteiger partial charge in [-0.05, 0) is 24.3 Å². The third-order valence-corrected chi connectivity index (χ3v) is 1.93. The van der Waals surface area contributed by atoms with Gasteiger partial charge in [-0.15, -0.1) is 0 Å². The fourth-order valence-corrected chi connectivity index (χ4v) is 1.16. The molecule has 2 aromatic carbocycles. The Hall–Kier alpha value is -1.86. The molecule has 0 saturated carbocycles.